The molecule has 0 aliphatic carbocycles. The summed E-state index contributed by atoms with van der Waals surface area (Å²) >= 11 is 0. The van der Waals surface area contributed by atoms with E-state index in [9.17, 15) is 0 Å². The Kier molecular flexibility index (Phi) is 5.42. The van der Waals surface area contributed by atoms with Crippen LogP contribution in [-0.2, 0) is 6.42 Å². The van der Waals surface area contributed by atoms with E-state index >= 15 is 0 Å². The third-order valence-corrected chi connectivity index (χ3v) is 6.56. The van der Waals surface area contributed by atoms with Crippen molar-refractivity contribution in [1.29, 1.82) is 0 Å². The fourth-order valence-electron chi connectivity index (χ4n) is 4.97. The van der Waals surface area contributed by atoms with Crippen molar-refractivity contribution in [1.82, 2.24) is 4.98 Å². The van der Waals surface area contributed by atoms with Crippen LogP contribution >= 0.6 is 0 Å². The van der Waals surface area contributed by atoms with Crippen molar-refractivity contribution in [2.45, 2.75) is 20.3 Å². The lowest BCUT2D eigenvalue weighted by molar-refractivity contribution is 0.647. The van der Waals surface area contributed by atoms with Crippen molar-refractivity contribution < 1.29 is 4.42 Å². The quantitative estimate of drug-likeness (QED) is 0.260. The van der Waals surface area contributed by atoms with E-state index in [1.165, 1.54) is 22.3 Å². The van der Waals surface area contributed by atoms with E-state index in [4.69, 9.17) is 9.40 Å². The molecular formula is C33H27NO. The summed E-state index contributed by atoms with van der Waals surface area (Å²) in [6.45, 7) is 4.49. The lowest BCUT2D eigenvalue weighted by Gasteiger charge is -2.10. The molecule has 2 heteroatoms. The largest absolute Gasteiger partial charge is 0.455 e. The molecule has 0 radical (unpaired) electrons. The molecule has 6 aromatic rings. The van der Waals surface area contributed by atoms with Gasteiger partial charge in [-0.15, -0.1) is 0 Å². The fraction of sp³-hybridized carbons (Fsp3) is 0.121. The van der Waals surface area contributed by atoms with E-state index < -0.39 is 0 Å². The molecular weight excluding hydrogens is 426 g/mol. The van der Waals surface area contributed by atoms with Crippen LogP contribution in [0.25, 0.3) is 55.4 Å². The molecule has 35 heavy (non-hydrogen) atoms. The summed E-state index contributed by atoms with van der Waals surface area (Å²) in [5, 5.41) is 2.26. The molecule has 0 N–H and O–H groups in total. The number of furan rings is 1. The molecule has 0 saturated heterocycles. The summed E-state index contributed by atoms with van der Waals surface area (Å²) < 4.78 is 6.64. The van der Waals surface area contributed by atoms with Gasteiger partial charge in [0.05, 0.1) is 5.69 Å². The molecule has 2 heterocycles. The Bertz CT molecular complexity index is 1630. The van der Waals surface area contributed by atoms with Crippen molar-refractivity contribution in [3.63, 3.8) is 0 Å². The van der Waals surface area contributed by atoms with E-state index in [1.807, 2.05) is 12.3 Å². The van der Waals surface area contributed by atoms with Crippen LogP contribution < -0.4 is 0 Å². The molecule has 0 aliphatic rings. The Morgan fingerprint density at radius 2 is 1.40 bits per heavy atom. The average Bonchev–Trinajstić information content (AvgIpc) is 3.28. The maximum absolute atomic E-state index is 6.64. The Morgan fingerprint density at radius 1 is 0.686 bits per heavy atom. The van der Waals surface area contributed by atoms with E-state index in [0.29, 0.717) is 5.92 Å². The Hall–Kier alpha value is -4.17. The molecule has 2 aromatic heterocycles. The second-order valence-corrected chi connectivity index (χ2v) is 9.56. The minimum atomic E-state index is 0.591. The zero-order valence-electron chi connectivity index (χ0n) is 20.0. The first-order valence-electron chi connectivity index (χ1n) is 12.2. The van der Waals surface area contributed by atoms with Crippen LogP contribution in [0.1, 0.15) is 19.4 Å². The smallest absolute Gasteiger partial charge is 0.145 e. The first-order chi connectivity index (χ1) is 17.2. The van der Waals surface area contributed by atoms with Gasteiger partial charge in [0.1, 0.15) is 11.2 Å². The first kappa shape index (κ1) is 21.4. The zero-order valence-corrected chi connectivity index (χ0v) is 20.0. The van der Waals surface area contributed by atoms with Gasteiger partial charge in [-0.05, 0) is 70.5 Å². The van der Waals surface area contributed by atoms with Crippen molar-refractivity contribution in [3.05, 3.63) is 115 Å². The van der Waals surface area contributed by atoms with Gasteiger partial charge in [-0.2, -0.15) is 0 Å². The van der Waals surface area contributed by atoms with Crippen LogP contribution in [0.5, 0.6) is 0 Å². The molecule has 170 valence electrons. The lowest BCUT2D eigenvalue weighted by atomic mass is 9.94. The molecule has 2 nitrogen and oxygen atoms in total. The highest BCUT2D eigenvalue weighted by Crippen LogP contribution is 2.42. The van der Waals surface area contributed by atoms with Gasteiger partial charge >= 0.3 is 0 Å². The van der Waals surface area contributed by atoms with E-state index in [-0.39, 0.29) is 0 Å². The molecule has 4 aromatic carbocycles. The zero-order chi connectivity index (χ0) is 23.8. The van der Waals surface area contributed by atoms with Gasteiger partial charge < -0.3 is 4.42 Å². The molecule has 0 atom stereocenters. The minimum Gasteiger partial charge on any atom is -0.455 e. The molecule has 0 amide bonds. The normalized spacial score (nSPS) is 11.5. The second kappa shape index (κ2) is 8.88. The summed E-state index contributed by atoms with van der Waals surface area (Å²) in [6, 6.07) is 36.2. The van der Waals surface area contributed by atoms with E-state index in [2.05, 4.69) is 111 Å². The number of pyridine rings is 1. The molecule has 0 unspecified atom stereocenters. The SMILES string of the molecule is CC(C)Cc1ccnc(-c2ccc(-c3ccccc3)c3c2oc2cc(-c4ccccc4)ccc23)c1. The number of hydrogen-bond donors (Lipinski definition) is 0. The molecule has 0 aliphatic heterocycles. The first-order valence-corrected chi connectivity index (χ1v) is 12.2. The second-order valence-electron chi connectivity index (χ2n) is 9.56. The van der Waals surface area contributed by atoms with E-state index in [0.717, 1.165) is 45.2 Å². The number of aromatic nitrogens is 1. The third-order valence-electron chi connectivity index (χ3n) is 6.56. The van der Waals surface area contributed by atoms with Crippen LogP contribution in [0.4, 0.5) is 0 Å². The highest BCUT2D eigenvalue weighted by atomic mass is 16.3. The van der Waals surface area contributed by atoms with Crippen LogP contribution in [0.2, 0.25) is 0 Å². The van der Waals surface area contributed by atoms with Gasteiger partial charge in [-0.25, -0.2) is 0 Å². The number of fused-ring (bicyclic) bond motifs is 3. The predicted octanol–water partition coefficient (Wildman–Crippen LogP) is 9.18. The molecule has 0 saturated carbocycles. The Balaban J connectivity index is 1.61. The van der Waals surface area contributed by atoms with Gasteiger partial charge in [-0.3, -0.25) is 4.98 Å². The number of nitrogens with zero attached hydrogens (tertiary/aromatic N) is 1. The third kappa shape index (κ3) is 4.02. The topological polar surface area (TPSA) is 26.0 Å². The van der Waals surface area contributed by atoms with Crippen LogP contribution in [0.15, 0.2) is 114 Å². The summed E-state index contributed by atoms with van der Waals surface area (Å²) in [5.41, 5.74) is 9.75. The Morgan fingerprint density at radius 3 is 2.14 bits per heavy atom. The van der Waals surface area contributed by atoms with Crippen LogP contribution in [-0.4, -0.2) is 4.98 Å². The number of hydrogen-bond acceptors (Lipinski definition) is 2. The highest BCUT2D eigenvalue weighted by Gasteiger charge is 2.18. The van der Waals surface area contributed by atoms with Gasteiger partial charge in [-0.1, -0.05) is 86.6 Å². The lowest BCUT2D eigenvalue weighted by Crippen LogP contribution is -1.95. The van der Waals surface area contributed by atoms with Crippen molar-refractivity contribution >= 4 is 21.9 Å². The number of rotatable bonds is 5. The van der Waals surface area contributed by atoms with Crippen LogP contribution in [0.3, 0.4) is 0 Å². The maximum atomic E-state index is 6.64. The van der Waals surface area contributed by atoms with Crippen molar-refractivity contribution in [2.75, 3.05) is 0 Å². The van der Waals surface area contributed by atoms with Crippen LogP contribution in [0, 0.1) is 5.92 Å². The predicted molar refractivity (Wildman–Crippen MR) is 146 cm³/mol. The maximum Gasteiger partial charge on any atom is 0.145 e. The van der Waals surface area contributed by atoms with Gasteiger partial charge in [0.15, 0.2) is 0 Å². The molecule has 0 bridgehead atoms. The standard InChI is InChI=1S/C33H27NO/c1-22(2)19-23-17-18-34-30(20-23)28-16-15-27(25-11-7-4-8-12-25)32-29-14-13-26(21-31(29)35-33(28)32)24-9-5-3-6-10-24/h3-18,20-22H,19H2,1-2H3. The monoisotopic (exact) mass is 453 g/mol. The summed E-state index contributed by atoms with van der Waals surface area (Å²) in [5.74, 6) is 0.591. The van der Waals surface area contributed by atoms with Gasteiger partial charge in [0.2, 0.25) is 0 Å². The molecule has 0 spiro atoms. The van der Waals surface area contributed by atoms with Crippen molar-refractivity contribution in [3.8, 4) is 33.5 Å². The summed E-state index contributed by atoms with van der Waals surface area (Å²) in [7, 11) is 0. The average molecular weight is 454 g/mol. The van der Waals surface area contributed by atoms with Crippen molar-refractivity contribution in [2.24, 2.45) is 5.92 Å². The Labute approximate surface area is 205 Å². The summed E-state index contributed by atoms with van der Waals surface area (Å²) in [4.78, 5) is 4.74. The van der Waals surface area contributed by atoms with Gasteiger partial charge in [0.25, 0.3) is 0 Å². The van der Waals surface area contributed by atoms with Gasteiger partial charge in [0, 0.05) is 22.5 Å². The number of benzene rings is 4. The minimum absolute atomic E-state index is 0.591. The van der Waals surface area contributed by atoms with E-state index in [1.54, 1.807) is 0 Å². The molecule has 0 fully saturated rings. The fourth-order valence-corrected chi connectivity index (χ4v) is 4.97. The summed E-state index contributed by atoms with van der Waals surface area (Å²) in [6.07, 6.45) is 2.95. The highest BCUT2D eigenvalue weighted by molar-refractivity contribution is 6.16. The molecule has 6 rings (SSSR count).